The molecular formula is C20H28N2O5. The van der Waals surface area contributed by atoms with Crippen LogP contribution < -0.4 is 20.1 Å². The number of carbonyl (C=O) groups excluding carboxylic acids is 1. The van der Waals surface area contributed by atoms with Gasteiger partial charge in [-0.3, -0.25) is 4.79 Å². The van der Waals surface area contributed by atoms with Crippen LogP contribution in [-0.4, -0.2) is 42.9 Å². The second-order valence-corrected chi connectivity index (χ2v) is 7.96. The van der Waals surface area contributed by atoms with Gasteiger partial charge in [-0.05, 0) is 43.4 Å². The van der Waals surface area contributed by atoms with E-state index in [4.69, 9.17) is 14.6 Å². The molecule has 0 saturated heterocycles. The summed E-state index contributed by atoms with van der Waals surface area (Å²) in [6.07, 6.45) is 2.64. The van der Waals surface area contributed by atoms with Crippen molar-refractivity contribution >= 4 is 12.0 Å². The topological polar surface area (TPSA) is 96.9 Å². The normalized spacial score (nSPS) is 22.0. The number of amides is 2. The van der Waals surface area contributed by atoms with Gasteiger partial charge < -0.3 is 25.2 Å². The predicted molar refractivity (Wildman–Crippen MR) is 100 cm³/mol. The number of carbonyl (C=O) groups is 2. The second-order valence-electron chi connectivity index (χ2n) is 7.96. The Morgan fingerprint density at radius 3 is 2.44 bits per heavy atom. The maximum atomic E-state index is 12.3. The molecule has 7 nitrogen and oxygen atoms in total. The molecule has 3 N–H and O–H groups in total. The van der Waals surface area contributed by atoms with Crippen LogP contribution in [0.15, 0.2) is 18.2 Å². The van der Waals surface area contributed by atoms with Crippen molar-refractivity contribution in [3.63, 3.8) is 0 Å². The summed E-state index contributed by atoms with van der Waals surface area (Å²) in [7, 11) is 0. The first-order chi connectivity index (χ1) is 12.8. The molecule has 0 aromatic heterocycles. The summed E-state index contributed by atoms with van der Waals surface area (Å²) in [5.74, 6) is 0.481. The monoisotopic (exact) mass is 376 g/mol. The predicted octanol–water partition coefficient (Wildman–Crippen LogP) is 2.68. The minimum absolute atomic E-state index is 0.0398. The highest BCUT2D eigenvalue weighted by Gasteiger charge is 2.28. The van der Waals surface area contributed by atoms with Crippen molar-refractivity contribution in [2.24, 2.45) is 5.92 Å². The van der Waals surface area contributed by atoms with E-state index in [1.165, 1.54) is 0 Å². The molecule has 0 radical (unpaired) electrons. The number of carboxylic acids is 1. The molecule has 27 heavy (non-hydrogen) atoms. The highest BCUT2D eigenvalue weighted by molar-refractivity contribution is 5.74. The molecule has 1 aromatic rings. The van der Waals surface area contributed by atoms with Gasteiger partial charge in [-0.25, -0.2) is 4.79 Å². The average Bonchev–Trinajstić information content (AvgIpc) is 2.66. The van der Waals surface area contributed by atoms with E-state index in [1.807, 2.05) is 18.2 Å². The molecule has 1 saturated carbocycles. The quantitative estimate of drug-likeness (QED) is 0.734. The van der Waals surface area contributed by atoms with E-state index in [2.05, 4.69) is 24.5 Å². The molecule has 2 amide bonds. The molecule has 1 aromatic carbocycles. The van der Waals surface area contributed by atoms with E-state index >= 15 is 0 Å². The van der Waals surface area contributed by atoms with Crippen molar-refractivity contribution in [3.8, 4) is 11.5 Å². The Morgan fingerprint density at radius 1 is 1.11 bits per heavy atom. The zero-order valence-corrected chi connectivity index (χ0v) is 15.9. The second kappa shape index (κ2) is 8.06. The van der Waals surface area contributed by atoms with E-state index in [1.54, 1.807) is 0 Å². The summed E-state index contributed by atoms with van der Waals surface area (Å²) in [6, 6.07) is 5.71. The van der Waals surface area contributed by atoms with Crippen molar-refractivity contribution in [2.45, 2.75) is 51.0 Å². The van der Waals surface area contributed by atoms with Crippen LogP contribution in [-0.2, 0) is 10.2 Å². The Bertz CT molecular complexity index is 696. The third kappa shape index (κ3) is 4.84. The summed E-state index contributed by atoms with van der Waals surface area (Å²) < 4.78 is 11.2. The van der Waals surface area contributed by atoms with Crippen LogP contribution >= 0.6 is 0 Å². The van der Waals surface area contributed by atoms with Gasteiger partial charge in [0.15, 0.2) is 11.5 Å². The van der Waals surface area contributed by atoms with Crippen LogP contribution in [0, 0.1) is 5.92 Å². The van der Waals surface area contributed by atoms with Crippen LogP contribution in [0.5, 0.6) is 11.5 Å². The molecule has 1 fully saturated rings. The molecule has 0 spiro atoms. The van der Waals surface area contributed by atoms with Gasteiger partial charge in [-0.15, -0.1) is 0 Å². The molecule has 0 bridgehead atoms. The molecular weight excluding hydrogens is 348 g/mol. The fourth-order valence-corrected chi connectivity index (χ4v) is 3.59. The lowest BCUT2D eigenvalue weighted by Crippen LogP contribution is -2.47. The van der Waals surface area contributed by atoms with Crippen molar-refractivity contribution < 1.29 is 24.2 Å². The molecule has 3 rings (SSSR count). The fourth-order valence-electron chi connectivity index (χ4n) is 3.59. The van der Waals surface area contributed by atoms with Crippen molar-refractivity contribution in [3.05, 3.63) is 23.8 Å². The Kier molecular flexibility index (Phi) is 5.77. The van der Waals surface area contributed by atoms with E-state index in [0.29, 0.717) is 45.4 Å². The van der Waals surface area contributed by atoms with Crippen LogP contribution in [0.4, 0.5) is 4.79 Å². The number of aliphatic carboxylic acids is 1. The van der Waals surface area contributed by atoms with Crippen molar-refractivity contribution in [1.82, 2.24) is 10.6 Å². The highest BCUT2D eigenvalue weighted by Crippen LogP contribution is 2.35. The zero-order valence-electron chi connectivity index (χ0n) is 15.9. The molecule has 1 heterocycles. The molecule has 1 aliphatic carbocycles. The average molecular weight is 376 g/mol. The molecule has 148 valence electrons. The first-order valence-corrected chi connectivity index (χ1v) is 9.52. The van der Waals surface area contributed by atoms with Crippen molar-refractivity contribution in [1.29, 1.82) is 0 Å². The molecule has 7 heteroatoms. The first-order valence-electron chi connectivity index (χ1n) is 9.52. The van der Waals surface area contributed by atoms with Gasteiger partial charge in [-0.2, -0.15) is 0 Å². The SMILES string of the molecule is CC(C)(CNC(=O)NC1CCC(C(=O)O)CC1)c1ccc2c(c1)OCCO2. The van der Waals surface area contributed by atoms with Gasteiger partial charge in [-0.1, -0.05) is 19.9 Å². The maximum absolute atomic E-state index is 12.3. The fraction of sp³-hybridized carbons (Fsp3) is 0.600. The summed E-state index contributed by atoms with van der Waals surface area (Å²) in [4.78, 5) is 23.3. The number of nitrogens with one attached hydrogen (secondary N) is 2. The van der Waals surface area contributed by atoms with Gasteiger partial charge in [0.05, 0.1) is 5.92 Å². The van der Waals surface area contributed by atoms with Gasteiger partial charge in [0.25, 0.3) is 0 Å². The Balaban J connectivity index is 1.50. The minimum atomic E-state index is -0.737. The molecule has 1 aliphatic heterocycles. The summed E-state index contributed by atoms with van der Waals surface area (Å²) >= 11 is 0. The molecule has 0 unspecified atom stereocenters. The van der Waals surface area contributed by atoms with Gasteiger partial charge in [0.2, 0.25) is 0 Å². The number of rotatable bonds is 5. The smallest absolute Gasteiger partial charge is 0.315 e. The van der Waals surface area contributed by atoms with Gasteiger partial charge in [0, 0.05) is 18.0 Å². The number of urea groups is 1. The number of benzene rings is 1. The molecule has 0 atom stereocenters. The number of fused-ring (bicyclic) bond motifs is 1. The van der Waals surface area contributed by atoms with Gasteiger partial charge >= 0.3 is 12.0 Å². The largest absolute Gasteiger partial charge is 0.486 e. The van der Waals surface area contributed by atoms with E-state index in [0.717, 1.165) is 17.1 Å². The lowest BCUT2D eigenvalue weighted by molar-refractivity contribution is -0.142. The van der Waals surface area contributed by atoms with E-state index in [9.17, 15) is 9.59 Å². The number of ether oxygens (including phenoxy) is 2. The summed E-state index contributed by atoms with van der Waals surface area (Å²) in [5.41, 5.74) is 0.794. The Labute approximate surface area is 159 Å². The minimum Gasteiger partial charge on any atom is -0.486 e. The lowest BCUT2D eigenvalue weighted by atomic mass is 9.84. The first kappa shape index (κ1) is 19.3. The van der Waals surface area contributed by atoms with E-state index in [-0.39, 0.29) is 23.4 Å². The third-order valence-electron chi connectivity index (χ3n) is 5.43. The maximum Gasteiger partial charge on any atom is 0.315 e. The van der Waals surface area contributed by atoms with E-state index < -0.39 is 5.97 Å². The highest BCUT2D eigenvalue weighted by atomic mass is 16.6. The third-order valence-corrected chi connectivity index (χ3v) is 5.43. The van der Waals surface area contributed by atoms with Crippen LogP contribution in [0.1, 0.15) is 45.1 Å². The standard InChI is InChI=1S/C20H28N2O5/c1-20(2,14-5-8-16-17(11-14)27-10-9-26-16)12-21-19(25)22-15-6-3-13(4-7-15)18(23)24/h5,8,11,13,15H,3-4,6-7,9-10,12H2,1-2H3,(H,23,24)(H2,21,22,25). The van der Waals surface area contributed by atoms with Crippen LogP contribution in [0.25, 0.3) is 0 Å². The number of hydrogen-bond donors (Lipinski definition) is 3. The molecule has 2 aliphatic rings. The van der Waals surface area contributed by atoms with Crippen LogP contribution in [0.2, 0.25) is 0 Å². The van der Waals surface area contributed by atoms with Gasteiger partial charge in [0.1, 0.15) is 13.2 Å². The summed E-state index contributed by atoms with van der Waals surface area (Å²) in [5, 5.41) is 15.0. The Morgan fingerprint density at radius 2 is 1.78 bits per heavy atom. The van der Waals surface area contributed by atoms with Crippen molar-refractivity contribution in [2.75, 3.05) is 19.8 Å². The zero-order chi connectivity index (χ0) is 19.4. The number of hydrogen-bond acceptors (Lipinski definition) is 4. The number of carboxylic acid groups (broad SMARTS) is 1. The Hall–Kier alpha value is -2.44. The van der Waals surface area contributed by atoms with Crippen LogP contribution in [0.3, 0.4) is 0 Å². The summed E-state index contributed by atoms with van der Waals surface area (Å²) in [6.45, 7) is 5.71. The lowest BCUT2D eigenvalue weighted by Gasteiger charge is -2.29.